The molecule has 0 saturated carbocycles. The molecule has 170 valence electrons. The van der Waals surface area contributed by atoms with E-state index in [1.807, 2.05) is 13.8 Å². The molecule has 1 amide bonds. The molecule has 0 radical (unpaired) electrons. The van der Waals surface area contributed by atoms with Gasteiger partial charge in [0.25, 0.3) is 5.91 Å². The highest BCUT2D eigenvalue weighted by molar-refractivity contribution is 7.89. The van der Waals surface area contributed by atoms with Crippen molar-refractivity contribution in [2.75, 3.05) is 19.4 Å². The number of rotatable bonds is 7. The van der Waals surface area contributed by atoms with Crippen LogP contribution in [0.4, 0.5) is 5.69 Å². The van der Waals surface area contributed by atoms with Crippen molar-refractivity contribution < 1.29 is 13.2 Å². The zero-order valence-corrected chi connectivity index (χ0v) is 20.1. The first kappa shape index (κ1) is 23.8. The number of aromatic nitrogens is 4. The second-order valence-corrected chi connectivity index (χ2v) is 10.1. The Labute approximate surface area is 192 Å². The van der Waals surface area contributed by atoms with E-state index in [1.165, 1.54) is 25.0 Å². The standard InChI is InChI=1S/C21H25ClN6O3S/c1-6-19(28-25-20(24-26-28)15-7-9-16(22)10-8-15)21(29)23-18-12-17(11-13(2)14(18)3)32(30,31)27(4)5/h7-12,19H,6H2,1-5H3,(H,23,29). The summed E-state index contributed by atoms with van der Waals surface area (Å²) in [7, 11) is -0.724. The molecule has 0 aliphatic heterocycles. The lowest BCUT2D eigenvalue weighted by molar-refractivity contribution is -0.120. The number of amides is 1. The SMILES string of the molecule is CCC(C(=O)Nc1cc(S(=O)(=O)N(C)C)cc(C)c1C)n1nnc(-c2ccc(Cl)cc2)n1. The molecule has 0 spiro atoms. The Kier molecular flexibility index (Phi) is 6.97. The van der Waals surface area contributed by atoms with Crippen LogP contribution < -0.4 is 5.32 Å². The molecule has 1 N–H and O–H groups in total. The highest BCUT2D eigenvalue weighted by Gasteiger charge is 2.25. The quantitative estimate of drug-likeness (QED) is 0.559. The number of aryl methyl sites for hydroxylation is 1. The fraction of sp³-hybridized carbons (Fsp3) is 0.333. The lowest BCUT2D eigenvalue weighted by atomic mass is 10.1. The molecule has 0 bridgehead atoms. The first-order chi connectivity index (χ1) is 15.0. The summed E-state index contributed by atoms with van der Waals surface area (Å²) >= 11 is 5.92. The molecule has 1 heterocycles. The van der Waals surface area contributed by atoms with Crippen LogP contribution in [-0.4, -0.2) is 52.9 Å². The summed E-state index contributed by atoms with van der Waals surface area (Å²) in [5.41, 5.74) is 2.68. The number of sulfonamides is 1. The Bertz CT molecular complexity index is 1240. The van der Waals surface area contributed by atoms with E-state index < -0.39 is 16.1 Å². The van der Waals surface area contributed by atoms with Crippen LogP contribution in [0.2, 0.25) is 5.02 Å². The highest BCUT2D eigenvalue weighted by Crippen LogP contribution is 2.27. The Hall–Kier alpha value is -2.82. The van der Waals surface area contributed by atoms with Gasteiger partial charge in [0.2, 0.25) is 15.8 Å². The topological polar surface area (TPSA) is 110 Å². The van der Waals surface area contributed by atoms with Gasteiger partial charge in [-0.15, -0.1) is 10.2 Å². The fourth-order valence-electron chi connectivity index (χ4n) is 3.06. The van der Waals surface area contributed by atoms with Crippen LogP contribution in [0.25, 0.3) is 11.4 Å². The van der Waals surface area contributed by atoms with Gasteiger partial charge in [-0.05, 0) is 73.0 Å². The summed E-state index contributed by atoms with van der Waals surface area (Å²) < 4.78 is 26.3. The Morgan fingerprint density at radius 2 is 1.84 bits per heavy atom. The molecule has 2 aromatic carbocycles. The maximum absolute atomic E-state index is 13.1. The van der Waals surface area contributed by atoms with Crippen molar-refractivity contribution in [1.29, 1.82) is 0 Å². The predicted molar refractivity (Wildman–Crippen MR) is 123 cm³/mol. The van der Waals surface area contributed by atoms with Crippen molar-refractivity contribution in [3.8, 4) is 11.4 Å². The zero-order valence-electron chi connectivity index (χ0n) is 18.5. The lowest BCUT2D eigenvalue weighted by Crippen LogP contribution is -2.28. The lowest BCUT2D eigenvalue weighted by Gasteiger charge is -2.18. The third-order valence-electron chi connectivity index (χ3n) is 5.18. The van der Waals surface area contributed by atoms with Gasteiger partial charge in [-0.25, -0.2) is 12.7 Å². The Balaban J connectivity index is 1.89. The van der Waals surface area contributed by atoms with Gasteiger partial charge < -0.3 is 5.32 Å². The second kappa shape index (κ2) is 9.35. The van der Waals surface area contributed by atoms with Gasteiger partial charge in [0.05, 0.1) is 4.90 Å². The summed E-state index contributed by atoms with van der Waals surface area (Å²) in [6, 6.07) is 9.33. The fourth-order valence-corrected chi connectivity index (χ4v) is 4.20. The van der Waals surface area contributed by atoms with Crippen molar-refractivity contribution in [3.05, 3.63) is 52.5 Å². The number of halogens is 1. The summed E-state index contributed by atoms with van der Waals surface area (Å²) in [6.45, 7) is 5.46. The minimum Gasteiger partial charge on any atom is -0.324 e. The third kappa shape index (κ3) is 4.82. The van der Waals surface area contributed by atoms with Crippen molar-refractivity contribution in [2.45, 2.75) is 38.1 Å². The van der Waals surface area contributed by atoms with Crippen LogP contribution in [0.1, 0.15) is 30.5 Å². The van der Waals surface area contributed by atoms with Crippen molar-refractivity contribution >= 4 is 33.2 Å². The van der Waals surface area contributed by atoms with E-state index in [9.17, 15) is 13.2 Å². The summed E-state index contributed by atoms with van der Waals surface area (Å²) in [6.07, 6.45) is 0.413. The van der Waals surface area contributed by atoms with E-state index in [-0.39, 0.29) is 10.8 Å². The molecule has 1 aromatic heterocycles. The van der Waals surface area contributed by atoms with Crippen molar-refractivity contribution in [2.24, 2.45) is 0 Å². The number of hydrogen-bond acceptors (Lipinski definition) is 6. The molecule has 0 aliphatic rings. The van der Waals surface area contributed by atoms with Gasteiger partial charge in [0, 0.05) is 30.4 Å². The van der Waals surface area contributed by atoms with E-state index in [1.54, 1.807) is 37.3 Å². The monoisotopic (exact) mass is 476 g/mol. The van der Waals surface area contributed by atoms with E-state index >= 15 is 0 Å². The number of carbonyl (C=O) groups excluding carboxylic acids is 1. The predicted octanol–water partition coefficient (Wildman–Crippen LogP) is 3.45. The number of tetrazole rings is 1. The van der Waals surface area contributed by atoms with Crippen LogP contribution in [0.15, 0.2) is 41.3 Å². The molecule has 0 aliphatic carbocycles. The first-order valence-electron chi connectivity index (χ1n) is 9.94. The average molecular weight is 477 g/mol. The summed E-state index contributed by atoms with van der Waals surface area (Å²) in [5, 5.41) is 15.9. The Morgan fingerprint density at radius 1 is 1.19 bits per heavy atom. The highest BCUT2D eigenvalue weighted by atomic mass is 35.5. The molecule has 1 atom stereocenters. The smallest absolute Gasteiger partial charge is 0.251 e. The minimum absolute atomic E-state index is 0.109. The molecular formula is C21H25ClN6O3S. The number of anilines is 1. The molecule has 1 unspecified atom stereocenters. The van der Waals surface area contributed by atoms with E-state index in [4.69, 9.17) is 11.6 Å². The molecule has 3 aromatic rings. The largest absolute Gasteiger partial charge is 0.324 e. The number of benzene rings is 2. The summed E-state index contributed by atoms with van der Waals surface area (Å²) in [4.78, 5) is 14.5. The van der Waals surface area contributed by atoms with Gasteiger partial charge >= 0.3 is 0 Å². The van der Waals surface area contributed by atoms with Crippen molar-refractivity contribution in [1.82, 2.24) is 24.5 Å². The van der Waals surface area contributed by atoms with E-state index in [0.717, 1.165) is 21.0 Å². The maximum atomic E-state index is 13.1. The number of carbonyl (C=O) groups is 1. The second-order valence-electron chi connectivity index (χ2n) is 7.55. The molecule has 0 saturated heterocycles. The van der Waals surface area contributed by atoms with Gasteiger partial charge in [-0.1, -0.05) is 18.5 Å². The number of hydrogen-bond donors (Lipinski definition) is 1. The van der Waals surface area contributed by atoms with Crippen LogP contribution >= 0.6 is 11.6 Å². The van der Waals surface area contributed by atoms with E-state index in [2.05, 4.69) is 20.7 Å². The zero-order chi connectivity index (χ0) is 23.6. The molecule has 32 heavy (non-hydrogen) atoms. The van der Waals surface area contributed by atoms with Gasteiger partial charge in [0.1, 0.15) is 0 Å². The number of nitrogens with one attached hydrogen (secondary N) is 1. The van der Waals surface area contributed by atoms with Crippen LogP contribution in [0.3, 0.4) is 0 Å². The van der Waals surface area contributed by atoms with Gasteiger partial charge in [-0.3, -0.25) is 4.79 Å². The van der Waals surface area contributed by atoms with Crippen LogP contribution in [0, 0.1) is 13.8 Å². The van der Waals surface area contributed by atoms with Gasteiger partial charge in [-0.2, -0.15) is 4.80 Å². The number of nitrogens with zero attached hydrogens (tertiary/aromatic N) is 5. The van der Waals surface area contributed by atoms with Crippen LogP contribution in [-0.2, 0) is 14.8 Å². The molecular weight excluding hydrogens is 452 g/mol. The van der Waals surface area contributed by atoms with Crippen LogP contribution in [0.5, 0.6) is 0 Å². The molecule has 3 rings (SSSR count). The normalized spacial score (nSPS) is 12.7. The van der Waals surface area contributed by atoms with Gasteiger partial charge in [0.15, 0.2) is 6.04 Å². The van der Waals surface area contributed by atoms with E-state index in [0.29, 0.717) is 23.0 Å². The summed E-state index contributed by atoms with van der Waals surface area (Å²) in [5.74, 6) is 0.00784. The maximum Gasteiger partial charge on any atom is 0.251 e. The molecule has 9 nitrogen and oxygen atoms in total. The average Bonchev–Trinajstić information content (AvgIpc) is 3.21. The first-order valence-corrected chi connectivity index (χ1v) is 11.8. The molecule has 0 fully saturated rings. The minimum atomic E-state index is -3.65. The third-order valence-corrected chi connectivity index (χ3v) is 7.22. The Morgan fingerprint density at radius 3 is 2.44 bits per heavy atom. The molecule has 11 heteroatoms. The van der Waals surface area contributed by atoms with Crippen molar-refractivity contribution in [3.63, 3.8) is 0 Å².